The molecule has 0 aliphatic rings. The van der Waals surface area contributed by atoms with Gasteiger partial charge < -0.3 is 10.1 Å². The lowest BCUT2D eigenvalue weighted by molar-refractivity contribution is 0.390. The van der Waals surface area contributed by atoms with Crippen LogP contribution in [0, 0.1) is 5.82 Å². The maximum atomic E-state index is 13.0. The molecule has 1 N–H and O–H groups in total. The third kappa shape index (κ3) is 3.75. The van der Waals surface area contributed by atoms with Crippen LogP contribution in [0.25, 0.3) is 0 Å². The van der Waals surface area contributed by atoms with E-state index in [4.69, 9.17) is 4.74 Å². The molecule has 2 rings (SSSR count). The van der Waals surface area contributed by atoms with Crippen molar-refractivity contribution in [1.29, 1.82) is 0 Å². The lowest BCUT2D eigenvalue weighted by atomic mass is 10.2. The number of methoxy groups -OCH3 is 1. The van der Waals surface area contributed by atoms with Gasteiger partial charge in [-0.05, 0) is 23.8 Å². The van der Waals surface area contributed by atoms with Crippen molar-refractivity contribution in [3.05, 3.63) is 57.9 Å². The molecule has 0 amide bonds. The molecule has 3 nitrogen and oxygen atoms in total. The number of benzene rings is 1. The predicted molar refractivity (Wildman–Crippen MR) is 75.4 cm³/mol. The standard InChI is InChI=1S/C14H14BrFN2O/c1-19-14-11(3-2-6-18-14)9-17-8-10-4-5-12(16)7-13(10)15/h2-7,17H,8-9H2,1H3. The molecule has 0 spiro atoms. The van der Waals surface area contributed by atoms with E-state index in [1.165, 1.54) is 12.1 Å². The Morgan fingerprint density at radius 3 is 2.79 bits per heavy atom. The molecule has 2 aromatic rings. The zero-order valence-electron chi connectivity index (χ0n) is 10.5. The van der Waals surface area contributed by atoms with E-state index in [2.05, 4.69) is 26.2 Å². The van der Waals surface area contributed by atoms with Crippen LogP contribution in [-0.2, 0) is 13.1 Å². The summed E-state index contributed by atoms with van der Waals surface area (Å²) in [7, 11) is 1.60. The number of halogens is 2. The summed E-state index contributed by atoms with van der Waals surface area (Å²) in [5, 5.41) is 3.28. The Morgan fingerprint density at radius 2 is 2.05 bits per heavy atom. The first-order valence-electron chi connectivity index (χ1n) is 5.83. The van der Waals surface area contributed by atoms with Gasteiger partial charge >= 0.3 is 0 Å². The van der Waals surface area contributed by atoms with E-state index < -0.39 is 0 Å². The summed E-state index contributed by atoms with van der Waals surface area (Å²) in [4.78, 5) is 4.13. The number of pyridine rings is 1. The minimum absolute atomic E-state index is 0.246. The van der Waals surface area contributed by atoms with Gasteiger partial charge in [0.1, 0.15) is 5.82 Å². The fraction of sp³-hybridized carbons (Fsp3) is 0.214. The van der Waals surface area contributed by atoms with Gasteiger partial charge in [0, 0.05) is 29.3 Å². The fourth-order valence-corrected chi connectivity index (χ4v) is 2.23. The molecule has 100 valence electrons. The van der Waals surface area contributed by atoms with Gasteiger partial charge in [-0.15, -0.1) is 0 Å². The van der Waals surface area contributed by atoms with Crippen molar-refractivity contribution >= 4 is 15.9 Å². The van der Waals surface area contributed by atoms with Crippen LogP contribution in [0.4, 0.5) is 4.39 Å². The average Bonchev–Trinajstić information content (AvgIpc) is 2.42. The number of ether oxygens (including phenoxy) is 1. The van der Waals surface area contributed by atoms with Crippen LogP contribution in [-0.4, -0.2) is 12.1 Å². The second-order valence-electron chi connectivity index (χ2n) is 4.01. The van der Waals surface area contributed by atoms with Gasteiger partial charge in [0.2, 0.25) is 5.88 Å². The number of rotatable bonds is 5. The molecule has 0 atom stereocenters. The van der Waals surface area contributed by atoms with Crippen LogP contribution in [0.3, 0.4) is 0 Å². The second kappa shape index (κ2) is 6.63. The summed E-state index contributed by atoms with van der Waals surface area (Å²) in [5.74, 6) is 0.373. The molecule has 0 fully saturated rings. The van der Waals surface area contributed by atoms with Crippen LogP contribution in [0.5, 0.6) is 5.88 Å². The van der Waals surface area contributed by atoms with Crippen molar-refractivity contribution in [2.75, 3.05) is 7.11 Å². The quantitative estimate of drug-likeness (QED) is 0.916. The van der Waals surface area contributed by atoms with Crippen LogP contribution in [0.15, 0.2) is 41.0 Å². The number of nitrogens with zero attached hydrogens (tertiary/aromatic N) is 1. The molecule has 0 unspecified atom stereocenters. The first-order chi connectivity index (χ1) is 9.20. The minimum atomic E-state index is -0.246. The zero-order valence-corrected chi connectivity index (χ0v) is 12.1. The molecular formula is C14H14BrFN2O. The SMILES string of the molecule is COc1ncccc1CNCc1ccc(F)cc1Br. The summed E-state index contributed by atoms with van der Waals surface area (Å²) in [6, 6.07) is 8.49. The van der Waals surface area contributed by atoms with Gasteiger partial charge in [0.15, 0.2) is 0 Å². The average molecular weight is 325 g/mol. The van der Waals surface area contributed by atoms with E-state index in [0.717, 1.165) is 15.6 Å². The second-order valence-corrected chi connectivity index (χ2v) is 4.87. The first kappa shape index (κ1) is 14.0. The summed E-state index contributed by atoms with van der Waals surface area (Å²) in [5.41, 5.74) is 1.99. The number of hydrogen-bond acceptors (Lipinski definition) is 3. The molecule has 0 radical (unpaired) electrons. The third-order valence-electron chi connectivity index (χ3n) is 2.69. The maximum absolute atomic E-state index is 13.0. The first-order valence-corrected chi connectivity index (χ1v) is 6.62. The topological polar surface area (TPSA) is 34.1 Å². The Kier molecular flexibility index (Phi) is 4.87. The van der Waals surface area contributed by atoms with Crippen molar-refractivity contribution in [1.82, 2.24) is 10.3 Å². The normalized spacial score (nSPS) is 10.5. The Labute approximate surface area is 119 Å². The zero-order chi connectivity index (χ0) is 13.7. The van der Waals surface area contributed by atoms with Gasteiger partial charge in [-0.2, -0.15) is 0 Å². The largest absolute Gasteiger partial charge is 0.481 e. The van der Waals surface area contributed by atoms with Gasteiger partial charge in [-0.25, -0.2) is 9.37 Å². The highest BCUT2D eigenvalue weighted by Gasteiger charge is 2.04. The predicted octanol–water partition coefficient (Wildman–Crippen LogP) is 3.28. The number of hydrogen-bond donors (Lipinski definition) is 1. The molecule has 0 saturated carbocycles. The van der Waals surface area contributed by atoms with E-state index in [9.17, 15) is 4.39 Å². The molecule has 1 aromatic carbocycles. The third-order valence-corrected chi connectivity index (χ3v) is 3.43. The van der Waals surface area contributed by atoms with E-state index in [-0.39, 0.29) is 5.82 Å². The van der Waals surface area contributed by atoms with Crippen LogP contribution < -0.4 is 10.1 Å². The van der Waals surface area contributed by atoms with Crippen molar-refractivity contribution in [3.63, 3.8) is 0 Å². The highest BCUT2D eigenvalue weighted by atomic mass is 79.9. The Morgan fingerprint density at radius 1 is 1.26 bits per heavy atom. The fourth-order valence-electron chi connectivity index (χ4n) is 1.74. The van der Waals surface area contributed by atoms with Crippen LogP contribution in [0.2, 0.25) is 0 Å². The summed E-state index contributed by atoms with van der Waals surface area (Å²) in [6.07, 6.45) is 1.69. The molecule has 1 heterocycles. The number of aromatic nitrogens is 1. The van der Waals surface area contributed by atoms with Crippen molar-refractivity contribution in [2.45, 2.75) is 13.1 Å². The molecule has 5 heteroatoms. The molecule has 0 aliphatic heterocycles. The molecule has 0 saturated heterocycles. The van der Waals surface area contributed by atoms with E-state index in [0.29, 0.717) is 19.0 Å². The molecule has 1 aromatic heterocycles. The number of nitrogens with one attached hydrogen (secondary N) is 1. The van der Waals surface area contributed by atoms with E-state index >= 15 is 0 Å². The summed E-state index contributed by atoms with van der Waals surface area (Å²) >= 11 is 3.34. The lowest BCUT2D eigenvalue weighted by Crippen LogP contribution is -2.14. The van der Waals surface area contributed by atoms with Crippen LogP contribution >= 0.6 is 15.9 Å². The van der Waals surface area contributed by atoms with Gasteiger partial charge in [-0.1, -0.05) is 28.1 Å². The van der Waals surface area contributed by atoms with Crippen LogP contribution in [0.1, 0.15) is 11.1 Å². The monoisotopic (exact) mass is 324 g/mol. The molecule has 0 bridgehead atoms. The highest BCUT2D eigenvalue weighted by Crippen LogP contribution is 2.18. The smallest absolute Gasteiger partial charge is 0.217 e. The minimum Gasteiger partial charge on any atom is -0.481 e. The summed E-state index contributed by atoms with van der Waals surface area (Å²) in [6.45, 7) is 1.28. The van der Waals surface area contributed by atoms with E-state index in [1.54, 1.807) is 19.4 Å². The van der Waals surface area contributed by atoms with E-state index in [1.807, 2.05) is 12.1 Å². The Hall–Kier alpha value is -1.46. The lowest BCUT2D eigenvalue weighted by Gasteiger charge is -2.09. The van der Waals surface area contributed by atoms with Crippen molar-refractivity contribution < 1.29 is 9.13 Å². The summed E-state index contributed by atoms with van der Waals surface area (Å²) < 4.78 is 18.9. The molecule has 0 aliphatic carbocycles. The molecule has 19 heavy (non-hydrogen) atoms. The molecular weight excluding hydrogens is 311 g/mol. The van der Waals surface area contributed by atoms with Gasteiger partial charge in [-0.3, -0.25) is 0 Å². The Balaban J connectivity index is 1.96. The van der Waals surface area contributed by atoms with Gasteiger partial charge in [0.05, 0.1) is 7.11 Å². The Bertz CT molecular complexity index is 563. The van der Waals surface area contributed by atoms with Gasteiger partial charge in [0.25, 0.3) is 0 Å². The van der Waals surface area contributed by atoms with Crippen molar-refractivity contribution in [2.24, 2.45) is 0 Å². The van der Waals surface area contributed by atoms with Crippen molar-refractivity contribution in [3.8, 4) is 5.88 Å². The maximum Gasteiger partial charge on any atom is 0.217 e. The highest BCUT2D eigenvalue weighted by molar-refractivity contribution is 9.10.